The minimum absolute atomic E-state index is 0.0777. The molecule has 1 aromatic carbocycles. The molecule has 29 heavy (non-hydrogen) atoms. The van der Waals surface area contributed by atoms with Crippen LogP contribution >= 0.6 is 11.8 Å². The summed E-state index contributed by atoms with van der Waals surface area (Å²) in [6.45, 7) is 2.36. The standard InChI is InChI=1S/C18H23FN6O3S/c1-3-25-15(9-8-14(20)26)22-23-18(25)29-11-17(28)24(2)10-16(27)21-13-6-4-12(19)5-7-13/h4-7H,3,8-11H2,1-2H3,(H2,20,26)(H,21,27). The number of carbonyl (C=O) groups is 3. The van der Waals surface area contributed by atoms with Crippen molar-refractivity contribution in [1.82, 2.24) is 19.7 Å². The summed E-state index contributed by atoms with van der Waals surface area (Å²) in [5.74, 6) is -0.746. The SMILES string of the molecule is CCn1c(CCC(N)=O)nnc1SCC(=O)N(C)CC(=O)Nc1ccc(F)cc1. The highest BCUT2D eigenvalue weighted by atomic mass is 32.2. The first-order chi connectivity index (χ1) is 13.8. The number of hydrogen-bond acceptors (Lipinski definition) is 6. The molecule has 2 aromatic rings. The third kappa shape index (κ3) is 6.86. The molecule has 0 aliphatic heterocycles. The summed E-state index contributed by atoms with van der Waals surface area (Å²) in [6.07, 6.45) is 0.557. The number of amides is 3. The molecule has 11 heteroatoms. The van der Waals surface area contributed by atoms with E-state index < -0.39 is 11.7 Å². The van der Waals surface area contributed by atoms with Crippen LogP contribution in [0.3, 0.4) is 0 Å². The maximum Gasteiger partial charge on any atom is 0.243 e. The van der Waals surface area contributed by atoms with E-state index in [4.69, 9.17) is 5.73 Å². The van der Waals surface area contributed by atoms with Crippen molar-refractivity contribution >= 4 is 35.2 Å². The zero-order chi connectivity index (χ0) is 21.4. The van der Waals surface area contributed by atoms with E-state index in [1.165, 1.54) is 48.0 Å². The second kappa shape index (κ2) is 10.6. The largest absolute Gasteiger partial charge is 0.370 e. The number of thioether (sulfide) groups is 1. The smallest absolute Gasteiger partial charge is 0.243 e. The Kier molecular flexibility index (Phi) is 8.13. The highest BCUT2D eigenvalue weighted by Crippen LogP contribution is 2.18. The number of aryl methyl sites for hydroxylation is 1. The van der Waals surface area contributed by atoms with Crippen molar-refractivity contribution in [3.05, 3.63) is 35.9 Å². The quantitative estimate of drug-likeness (QED) is 0.552. The van der Waals surface area contributed by atoms with Crippen LogP contribution in [0.15, 0.2) is 29.4 Å². The fourth-order valence-electron chi connectivity index (χ4n) is 2.44. The van der Waals surface area contributed by atoms with Crippen LogP contribution in [0.25, 0.3) is 0 Å². The molecule has 0 aliphatic rings. The predicted octanol–water partition coefficient (Wildman–Crippen LogP) is 1.04. The number of nitrogens with two attached hydrogens (primary N) is 1. The molecular weight excluding hydrogens is 399 g/mol. The van der Waals surface area contributed by atoms with Crippen LogP contribution in [0, 0.1) is 5.82 Å². The van der Waals surface area contributed by atoms with Gasteiger partial charge in [0.05, 0.1) is 12.3 Å². The maximum atomic E-state index is 12.9. The third-order valence-electron chi connectivity index (χ3n) is 3.96. The van der Waals surface area contributed by atoms with E-state index in [1.54, 1.807) is 0 Å². The second-order valence-corrected chi connectivity index (χ2v) is 7.15. The van der Waals surface area contributed by atoms with E-state index in [0.29, 0.717) is 29.6 Å². The van der Waals surface area contributed by atoms with E-state index in [2.05, 4.69) is 15.5 Å². The molecule has 3 N–H and O–H groups in total. The number of nitrogens with zero attached hydrogens (tertiary/aromatic N) is 4. The Morgan fingerprint density at radius 2 is 1.93 bits per heavy atom. The Bertz CT molecular complexity index is 871. The number of likely N-dealkylation sites (N-methyl/N-ethyl adjacent to an activating group) is 1. The predicted molar refractivity (Wildman–Crippen MR) is 107 cm³/mol. The number of halogens is 1. The van der Waals surface area contributed by atoms with Crippen LogP contribution in [0.5, 0.6) is 0 Å². The summed E-state index contributed by atoms with van der Waals surface area (Å²) in [7, 11) is 1.52. The van der Waals surface area contributed by atoms with Crippen molar-refractivity contribution in [1.29, 1.82) is 0 Å². The maximum absolute atomic E-state index is 12.9. The lowest BCUT2D eigenvalue weighted by atomic mass is 10.3. The first-order valence-corrected chi connectivity index (χ1v) is 9.91. The van der Waals surface area contributed by atoms with Gasteiger partial charge in [0, 0.05) is 32.1 Å². The molecule has 2 rings (SSSR count). The van der Waals surface area contributed by atoms with Gasteiger partial charge in [-0.15, -0.1) is 10.2 Å². The Morgan fingerprint density at radius 3 is 2.55 bits per heavy atom. The Labute approximate surface area is 171 Å². The molecule has 0 radical (unpaired) electrons. The molecule has 3 amide bonds. The summed E-state index contributed by atoms with van der Waals surface area (Å²) in [5.41, 5.74) is 5.61. The summed E-state index contributed by atoms with van der Waals surface area (Å²) in [5, 5.41) is 11.3. The number of rotatable bonds is 10. The summed E-state index contributed by atoms with van der Waals surface area (Å²) in [4.78, 5) is 36.6. The van der Waals surface area contributed by atoms with Crippen molar-refractivity contribution in [2.24, 2.45) is 5.73 Å². The fourth-order valence-corrected chi connectivity index (χ4v) is 3.40. The summed E-state index contributed by atoms with van der Waals surface area (Å²) in [6, 6.07) is 5.36. The number of primary amides is 1. The van der Waals surface area contributed by atoms with Crippen LogP contribution < -0.4 is 11.1 Å². The monoisotopic (exact) mass is 422 g/mol. The highest BCUT2D eigenvalue weighted by Gasteiger charge is 2.17. The van der Waals surface area contributed by atoms with Gasteiger partial charge >= 0.3 is 0 Å². The molecule has 0 unspecified atom stereocenters. The summed E-state index contributed by atoms with van der Waals surface area (Å²) < 4.78 is 14.7. The molecule has 0 saturated heterocycles. The third-order valence-corrected chi connectivity index (χ3v) is 4.92. The molecule has 1 heterocycles. The minimum Gasteiger partial charge on any atom is -0.370 e. The number of benzene rings is 1. The number of aromatic nitrogens is 3. The topological polar surface area (TPSA) is 123 Å². The van der Waals surface area contributed by atoms with E-state index in [9.17, 15) is 18.8 Å². The van der Waals surface area contributed by atoms with Crippen molar-refractivity contribution in [2.75, 3.05) is 24.7 Å². The van der Waals surface area contributed by atoms with Crippen LogP contribution in [0.2, 0.25) is 0 Å². The molecule has 1 aromatic heterocycles. The fraction of sp³-hybridized carbons (Fsp3) is 0.389. The van der Waals surface area contributed by atoms with Crippen LogP contribution in [0.4, 0.5) is 10.1 Å². The van der Waals surface area contributed by atoms with Crippen LogP contribution in [-0.4, -0.2) is 56.7 Å². The lowest BCUT2D eigenvalue weighted by molar-refractivity contribution is -0.131. The lowest BCUT2D eigenvalue weighted by Gasteiger charge is -2.16. The molecule has 0 fully saturated rings. The number of hydrogen-bond donors (Lipinski definition) is 2. The highest BCUT2D eigenvalue weighted by molar-refractivity contribution is 7.99. The molecule has 0 spiro atoms. The summed E-state index contributed by atoms with van der Waals surface area (Å²) >= 11 is 1.20. The van der Waals surface area contributed by atoms with Gasteiger partial charge in [-0.3, -0.25) is 14.4 Å². The zero-order valence-corrected chi connectivity index (χ0v) is 17.0. The number of nitrogens with one attached hydrogen (secondary N) is 1. The van der Waals surface area contributed by atoms with E-state index >= 15 is 0 Å². The molecule has 0 saturated carbocycles. The number of anilines is 1. The van der Waals surface area contributed by atoms with E-state index in [1.807, 2.05) is 11.5 Å². The van der Waals surface area contributed by atoms with Gasteiger partial charge in [0.2, 0.25) is 17.7 Å². The first-order valence-electron chi connectivity index (χ1n) is 8.92. The van der Waals surface area contributed by atoms with E-state index in [0.717, 1.165) is 0 Å². The van der Waals surface area contributed by atoms with Gasteiger partial charge in [-0.1, -0.05) is 11.8 Å². The number of carbonyl (C=O) groups excluding carboxylic acids is 3. The van der Waals surface area contributed by atoms with Crippen molar-refractivity contribution in [2.45, 2.75) is 31.5 Å². The average molecular weight is 422 g/mol. The molecular formula is C18H23FN6O3S. The normalized spacial score (nSPS) is 10.6. The lowest BCUT2D eigenvalue weighted by Crippen LogP contribution is -2.36. The Hall–Kier alpha value is -2.95. The van der Waals surface area contributed by atoms with Crippen molar-refractivity contribution in [3.63, 3.8) is 0 Å². The van der Waals surface area contributed by atoms with Crippen LogP contribution in [0.1, 0.15) is 19.2 Å². The molecule has 0 aliphatic carbocycles. The van der Waals surface area contributed by atoms with Gasteiger partial charge in [-0.25, -0.2) is 4.39 Å². The molecule has 0 bridgehead atoms. The van der Waals surface area contributed by atoms with E-state index in [-0.39, 0.29) is 30.5 Å². The van der Waals surface area contributed by atoms with Gasteiger partial charge in [-0.05, 0) is 31.2 Å². The van der Waals surface area contributed by atoms with Crippen molar-refractivity contribution in [3.8, 4) is 0 Å². The zero-order valence-electron chi connectivity index (χ0n) is 16.2. The Morgan fingerprint density at radius 1 is 1.24 bits per heavy atom. The average Bonchev–Trinajstić information content (AvgIpc) is 3.07. The van der Waals surface area contributed by atoms with Crippen LogP contribution in [-0.2, 0) is 27.3 Å². The van der Waals surface area contributed by atoms with Gasteiger partial charge in [0.25, 0.3) is 0 Å². The first kappa shape index (κ1) is 22.3. The van der Waals surface area contributed by atoms with Crippen molar-refractivity contribution < 1.29 is 18.8 Å². The molecule has 156 valence electrons. The van der Waals surface area contributed by atoms with Gasteiger partial charge in [-0.2, -0.15) is 0 Å². The Balaban J connectivity index is 1.85. The second-order valence-electron chi connectivity index (χ2n) is 6.20. The van der Waals surface area contributed by atoms with Gasteiger partial charge < -0.3 is 20.5 Å². The van der Waals surface area contributed by atoms with Gasteiger partial charge in [0.15, 0.2) is 5.16 Å². The van der Waals surface area contributed by atoms with Gasteiger partial charge in [0.1, 0.15) is 11.6 Å². The molecule has 9 nitrogen and oxygen atoms in total. The molecule has 0 atom stereocenters. The minimum atomic E-state index is -0.416.